The zero-order valence-electron chi connectivity index (χ0n) is 12.0. The Morgan fingerprint density at radius 3 is 2.50 bits per heavy atom. The number of hydrogen-bond acceptors (Lipinski definition) is 3. The topological polar surface area (TPSA) is 64.3 Å². The lowest BCUT2D eigenvalue weighted by atomic mass is 9.95. The van der Waals surface area contributed by atoms with Gasteiger partial charge in [-0.25, -0.2) is 0 Å². The van der Waals surface area contributed by atoms with Crippen LogP contribution >= 0.6 is 23.8 Å². The van der Waals surface area contributed by atoms with Gasteiger partial charge < -0.3 is 15.8 Å². The van der Waals surface area contributed by atoms with Crippen LogP contribution in [0.15, 0.2) is 12.1 Å². The third-order valence-corrected chi connectivity index (χ3v) is 3.66. The molecule has 0 aliphatic rings. The highest BCUT2D eigenvalue weighted by molar-refractivity contribution is 7.80. The normalized spacial score (nSPS) is 12.1. The molecule has 1 aromatic rings. The van der Waals surface area contributed by atoms with Gasteiger partial charge in [0.2, 0.25) is 5.91 Å². The predicted molar refractivity (Wildman–Crippen MR) is 86.5 cm³/mol. The Morgan fingerprint density at radius 1 is 1.45 bits per heavy atom. The third-order valence-electron chi connectivity index (χ3n) is 2.99. The Bertz CT molecular complexity index is 532. The molecule has 0 aliphatic heterocycles. The number of nitrogens with two attached hydrogens (primary N) is 1. The van der Waals surface area contributed by atoms with Gasteiger partial charge in [0.1, 0.15) is 5.75 Å². The molecule has 0 bridgehead atoms. The van der Waals surface area contributed by atoms with Crippen LogP contribution in [0.5, 0.6) is 5.75 Å². The number of carbonyl (C=O) groups excluding carboxylic acids is 1. The lowest BCUT2D eigenvalue weighted by molar-refractivity contribution is -0.118. The summed E-state index contributed by atoms with van der Waals surface area (Å²) in [6.45, 7) is 5.65. The minimum atomic E-state index is -0.523. The van der Waals surface area contributed by atoms with E-state index >= 15 is 0 Å². The van der Waals surface area contributed by atoms with Crippen molar-refractivity contribution in [2.75, 3.05) is 12.4 Å². The van der Waals surface area contributed by atoms with Gasteiger partial charge in [0.25, 0.3) is 0 Å². The molecule has 0 saturated carbocycles. The fourth-order valence-corrected chi connectivity index (χ4v) is 2.43. The van der Waals surface area contributed by atoms with E-state index in [1.807, 2.05) is 20.8 Å². The maximum absolute atomic E-state index is 12.3. The first-order valence-electron chi connectivity index (χ1n) is 6.22. The average molecular weight is 315 g/mol. The Labute approximate surface area is 129 Å². The molecule has 1 atom stereocenters. The molecule has 110 valence electrons. The second-order valence-corrected chi connectivity index (χ2v) is 5.79. The number of anilines is 1. The first-order chi connectivity index (χ1) is 9.27. The lowest BCUT2D eigenvalue weighted by Gasteiger charge is -2.20. The van der Waals surface area contributed by atoms with Crippen molar-refractivity contribution in [3.63, 3.8) is 0 Å². The Morgan fingerprint density at radius 2 is 2.05 bits per heavy atom. The van der Waals surface area contributed by atoms with Gasteiger partial charge in [-0.3, -0.25) is 4.79 Å². The van der Waals surface area contributed by atoms with Crippen molar-refractivity contribution in [2.24, 2.45) is 17.6 Å². The number of benzene rings is 1. The monoisotopic (exact) mass is 314 g/mol. The first kappa shape index (κ1) is 16.7. The molecule has 0 heterocycles. The second-order valence-electron chi connectivity index (χ2n) is 4.91. The summed E-state index contributed by atoms with van der Waals surface area (Å²) < 4.78 is 5.22. The third kappa shape index (κ3) is 3.84. The molecule has 1 unspecified atom stereocenters. The molecule has 0 fully saturated rings. The number of amides is 1. The van der Waals surface area contributed by atoms with Crippen molar-refractivity contribution in [2.45, 2.75) is 20.8 Å². The standard InChI is InChI=1S/C14H19ClN2O2S/c1-7(2)12(13(16)20)14(18)17-10-5-8(3)9(15)6-11(10)19-4/h5-7,12H,1-4H3,(H2,16,20)(H,17,18). The van der Waals surface area contributed by atoms with E-state index in [1.54, 1.807) is 12.1 Å². The molecule has 0 aliphatic carbocycles. The van der Waals surface area contributed by atoms with Gasteiger partial charge in [0.05, 0.1) is 23.7 Å². The van der Waals surface area contributed by atoms with Crippen molar-refractivity contribution in [1.82, 2.24) is 0 Å². The van der Waals surface area contributed by atoms with Crippen LogP contribution in [0, 0.1) is 18.8 Å². The fraction of sp³-hybridized carbons (Fsp3) is 0.429. The number of methoxy groups -OCH3 is 1. The molecule has 0 spiro atoms. The number of aryl methyl sites for hydroxylation is 1. The molecule has 1 aromatic carbocycles. The molecule has 1 rings (SSSR count). The van der Waals surface area contributed by atoms with Gasteiger partial charge in [-0.2, -0.15) is 0 Å². The average Bonchev–Trinajstić information content (AvgIpc) is 2.32. The first-order valence-corrected chi connectivity index (χ1v) is 7.00. The molecule has 0 saturated heterocycles. The fourth-order valence-electron chi connectivity index (χ4n) is 1.90. The summed E-state index contributed by atoms with van der Waals surface area (Å²) in [6.07, 6.45) is 0. The van der Waals surface area contributed by atoms with Crippen LogP contribution < -0.4 is 15.8 Å². The number of halogens is 1. The molecular weight excluding hydrogens is 296 g/mol. The zero-order valence-corrected chi connectivity index (χ0v) is 13.6. The highest BCUT2D eigenvalue weighted by Gasteiger charge is 2.25. The van der Waals surface area contributed by atoms with Crippen LogP contribution in [0.25, 0.3) is 0 Å². The molecule has 20 heavy (non-hydrogen) atoms. The quantitative estimate of drug-likeness (QED) is 0.819. The summed E-state index contributed by atoms with van der Waals surface area (Å²) in [5.74, 6) is -0.246. The Balaban J connectivity index is 3.06. The Kier molecular flexibility index (Phi) is 5.77. The molecule has 6 heteroatoms. The summed E-state index contributed by atoms with van der Waals surface area (Å²) in [6, 6.07) is 3.42. The van der Waals surface area contributed by atoms with Crippen LogP contribution in [-0.4, -0.2) is 18.0 Å². The van der Waals surface area contributed by atoms with E-state index in [9.17, 15) is 4.79 Å². The maximum atomic E-state index is 12.3. The van der Waals surface area contributed by atoms with Crippen molar-refractivity contribution in [1.29, 1.82) is 0 Å². The Hall–Kier alpha value is -1.33. The van der Waals surface area contributed by atoms with Crippen LogP contribution in [0.2, 0.25) is 5.02 Å². The van der Waals surface area contributed by atoms with E-state index < -0.39 is 5.92 Å². The SMILES string of the molecule is COc1cc(Cl)c(C)cc1NC(=O)C(C(N)=S)C(C)C. The van der Waals surface area contributed by atoms with Crippen LogP contribution in [0.3, 0.4) is 0 Å². The lowest BCUT2D eigenvalue weighted by Crippen LogP contribution is -2.36. The molecule has 0 aromatic heterocycles. The number of rotatable bonds is 5. The van der Waals surface area contributed by atoms with Gasteiger partial charge in [-0.1, -0.05) is 37.7 Å². The summed E-state index contributed by atoms with van der Waals surface area (Å²) in [5, 5.41) is 3.38. The maximum Gasteiger partial charge on any atom is 0.234 e. The van der Waals surface area contributed by atoms with E-state index in [0.29, 0.717) is 16.5 Å². The molecule has 0 radical (unpaired) electrons. The molecule has 1 amide bonds. The highest BCUT2D eigenvalue weighted by atomic mass is 35.5. The van der Waals surface area contributed by atoms with Gasteiger partial charge >= 0.3 is 0 Å². The minimum Gasteiger partial charge on any atom is -0.495 e. The van der Waals surface area contributed by atoms with Crippen molar-refractivity contribution < 1.29 is 9.53 Å². The number of nitrogens with one attached hydrogen (secondary N) is 1. The van der Waals surface area contributed by atoms with Gasteiger partial charge in [-0.15, -0.1) is 0 Å². The van der Waals surface area contributed by atoms with E-state index in [2.05, 4.69) is 5.32 Å². The van der Waals surface area contributed by atoms with Crippen molar-refractivity contribution in [3.8, 4) is 5.75 Å². The molecular formula is C14H19ClN2O2S. The van der Waals surface area contributed by atoms with Crippen molar-refractivity contribution in [3.05, 3.63) is 22.7 Å². The summed E-state index contributed by atoms with van der Waals surface area (Å²) >= 11 is 11.0. The van der Waals surface area contributed by atoms with E-state index in [-0.39, 0.29) is 16.8 Å². The molecule has 4 nitrogen and oxygen atoms in total. The number of carbonyl (C=O) groups is 1. The van der Waals surface area contributed by atoms with Gasteiger partial charge in [-0.05, 0) is 24.5 Å². The largest absolute Gasteiger partial charge is 0.495 e. The van der Waals surface area contributed by atoms with Crippen LogP contribution in [-0.2, 0) is 4.79 Å². The van der Waals surface area contributed by atoms with E-state index in [4.69, 9.17) is 34.3 Å². The summed E-state index contributed by atoms with van der Waals surface area (Å²) in [5.41, 5.74) is 7.04. The van der Waals surface area contributed by atoms with Crippen molar-refractivity contribution >= 4 is 40.4 Å². The minimum absolute atomic E-state index is 0.0203. The number of ether oxygens (including phenoxy) is 1. The number of hydrogen-bond donors (Lipinski definition) is 2. The van der Waals surface area contributed by atoms with E-state index in [1.165, 1.54) is 7.11 Å². The summed E-state index contributed by atoms with van der Waals surface area (Å²) in [4.78, 5) is 12.5. The van der Waals surface area contributed by atoms with E-state index in [0.717, 1.165) is 5.56 Å². The zero-order chi connectivity index (χ0) is 15.4. The molecule has 3 N–H and O–H groups in total. The van der Waals surface area contributed by atoms with Gasteiger partial charge in [0.15, 0.2) is 0 Å². The summed E-state index contributed by atoms with van der Waals surface area (Å²) in [7, 11) is 1.52. The highest BCUT2D eigenvalue weighted by Crippen LogP contribution is 2.31. The smallest absolute Gasteiger partial charge is 0.234 e. The van der Waals surface area contributed by atoms with Gasteiger partial charge in [0, 0.05) is 11.1 Å². The number of thiocarbonyl (C=S) groups is 1. The van der Waals surface area contributed by atoms with Crippen LogP contribution in [0.4, 0.5) is 5.69 Å². The second kappa shape index (κ2) is 6.90. The van der Waals surface area contributed by atoms with Crippen LogP contribution in [0.1, 0.15) is 19.4 Å². The predicted octanol–water partition coefficient (Wildman–Crippen LogP) is 3.15.